The molecule has 0 amide bonds. The number of rotatable bonds is 2. The average Bonchev–Trinajstić information content (AvgIpc) is 2.34. The monoisotopic (exact) mass is 194 g/mol. The Balaban J connectivity index is 2.65. The van der Waals surface area contributed by atoms with Crippen molar-refractivity contribution in [3.8, 4) is 0 Å². The van der Waals surface area contributed by atoms with Gasteiger partial charge in [-0.25, -0.2) is 4.98 Å². The van der Waals surface area contributed by atoms with Gasteiger partial charge in [-0.05, 0) is 0 Å². The molecule has 13 heavy (non-hydrogen) atoms. The van der Waals surface area contributed by atoms with E-state index in [1.807, 2.05) is 0 Å². The predicted octanol–water partition coefficient (Wildman–Crippen LogP) is 0.247. The maximum atomic E-state index is 12.0. The second-order valence-electron chi connectivity index (χ2n) is 2.65. The van der Waals surface area contributed by atoms with Gasteiger partial charge in [-0.1, -0.05) is 0 Å². The van der Waals surface area contributed by atoms with Gasteiger partial charge in [0.05, 0.1) is 0 Å². The number of hydrogen-bond donors (Lipinski definition) is 1. The van der Waals surface area contributed by atoms with Crippen LogP contribution >= 0.6 is 0 Å². The number of aryl methyl sites for hydroxylation is 1. The summed E-state index contributed by atoms with van der Waals surface area (Å²) in [6.45, 7) is 0. The van der Waals surface area contributed by atoms with Gasteiger partial charge < -0.3 is 5.73 Å². The van der Waals surface area contributed by atoms with E-state index in [0.29, 0.717) is 0 Å². The van der Waals surface area contributed by atoms with Crippen LogP contribution < -0.4 is 5.73 Å². The summed E-state index contributed by atoms with van der Waals surface area (Å²) < 4.78 is 37.2. The zero-order valence-corrected chi connectivity index (χ0v) is 6.91. The molecule has 0 aromatic carbocycles. The first-order valence-electron chi connectivity index (χ1n) is 3.56. The molecule has 1 aromatic heterocycles. The van der Waals surface area contributed by atoms with E-state index in [9.17, 15) is 13.2 Å². The molecule has 0 aliphatic carbocycles. The molecule has 1 unspecified atom stereocenters. The highest BCUT2D eigenvalue weighted by molar-refractivity contribution is 4.90. The van der Waals surface area contributed by atoms with Crippen molar-refractivity contribution in [2.45, 2.75) is 18.6 Å². The highest BCUT2D eigenvalue weighted by Gasteiger charge is 2.37. The summed E-state index contributed by atoms with van der Waals surface area (Å²) in [7, 11) is 1.52. The SMILES string of the molecule is Cn1ncnc1CC(N)C(F)(F)F. The Bertz CT molecular complexity index is 280. The van der Waals surface area contributed by atoms with Crippen molar-refractivity contribution in [1.29, 1.82) is 0 Å². The van der Waals surface area contributed by atoms with Gasteiger partial charge >= 0.3 is 6.18 Å². The smallest absolute Gasteiger partial charge is 0.320 e. The maximum Gasteiger partial charge on any atom is 0.404 e. The summed E-state index contributed by atoms with van der Waals surface area (Å²) in [6.07, 6.45) is -3.54. The Morgan fingerprint density at radius 1 is 1.62 bits per heavy atom. The van der Waals surface area contributed by atoms with Crippen LogP contribution in [0.15, 0.2) is 6.33 Å². The fourth-order valence-electron chi connectivity index (χ4n) is 0.817. The molecule has 0 aliphatic rings. The van der Waals surface area contributed by atoms with E-state index >= 15 is 0 Å². The Morgan fingerprint density at radius 3 is 2.62 bits per heavy atom. The average molecular weight is 194 g/mol. The van der Waals surface area contributed by atoms with Crippen molar-refractivity contribution >= 4 is 0 Å². The molecule has 1 rings (SSSR count). The molecule has 0 aliphatic heterocycles. The molecule has 4 nitrogen and oxygen atoms in total. The van der Waals surface area contributed by atoms with E-state index in [1.54, 1.807) is 0 Å². The van der Waals surface area contributed by atoms with E-state index in [0.717, 1.165) is 0 Å². The van der Waals surface area contributed by atoms with Gasteiger partial charge in [-0.15, -0.1) is 0 Å². The summed E-state index contributed by atoms with van der Waals surface area (Å²) in [4.78, 5) is 3.64. The first-order chi connectivity index (χ1) is 5.91. The molecular weight excluding hydrogens is 185 g/mol. The van der Waals surface area contributed by atoms with Gasteiger partial charge in [0, 0.05) is 13.5 Å². The molecule has 0 radical (unpaired) electrons. The molecule has 1 atom stereocenters. The van der Waals surface area contributed by atoms with Crippen LogP contribution in [0.25, 0.3) is 0 Å². The van der Waals surface area contributed by atoms with Gasteiger partial charge in [0.15, 0.2) is 0 Å². The molecule has 0 spiro atoms. The van der Waals surface area contributed by atoms with Gasteiger partial charge in [-0.3, -0.25) is 4.68 Å². The molecular formula is C6H9F3N4. The third-order valence-corrected chi connectivity index (χ3v) is 1.63. The van der Waals surface area contributed by atoms with Crippen LogP contribution in [0, 0.1) is 0 Å². The van der Waals surface area contributed by atoms with Crippen LogP contribution in [-0.2, 0) is 13.5 Å². The van der Waals surface area contributed by atoms with Crippen molar-refractivity contribution in [1.82, 2.24) is 14.8 Å². The molecule has 74 valence electrons. The summed E-state index contributed by atoms with van der Waals surface area (Å²) in [5.41, 5.74) is 4.90. The summed E-state index contributed by atoms with van der Waals surface area (Å²) in [5, 5.41) is 3.63. The van der Waals surface area contributed by atoms with Crippen LogP contribution in [0.5, 0.6) is 0 Å². The second-order valence-corrected chi connectivity index (χ2v) is 2.65. The maximum absolute atomic E-state index is 12.0. The number of aromatic nitrogens is 3. The van der Waals surface area contributed by atoms with Crippen molar-refractivity contribution in [2.75, 3.05) is 0 Å². The Hall–Kier alpha value is -1.11. The number of nitrogens with zero attached hydrogens (tertiary/aromatic N) is 3. The van der Waals surface area contributed by atoms with Gasteiger partial charge in [0.25, 0.3) is 0 Å². The van der Waals surface area contributed by atoms with Gasteiger partial charge in [-0.2, -0.15) is 18.3 Å². The van der Waals surface area contributed by atoms with Crippen molar-refractivity contribution in [3.63, 3.8) is 0 Å². The van der Waals surface area contributed by atoms with Crippen LogP contribution in [0.4, 0.5) is 13.2 Å². The van der Waals surface area contributed by atoms with Gasteiger partial charge in [0.2, 0.25) is 0 Å². The van der Waals surface area contributed by atoms with Crippen LogP contribution in [0.1, 0.15) is 5.82 Å². The minimum absolute atomic E-state index is 0.227. The Kier molecular flexibility index (Phi) is 2.55. The molecule has 1 heterocycles. The first-order valence-corrected chi connectivity index (χ1v) is 3.56. The summed E-state index contributed by atoms with van der Waals surface area (Å²) in [5.74, 6) is 0.227. The minimum atomic E-state index is -4.38. The molecule has 1 aromatic rings. The highest BCUT2D eigenvalue weighted by Crippen LogP contribution is 2.20. The van der Waals surface area contributed by atoms with E-state index in [1.165, 1.54) is 18.1 Å². The minimum Gasteiger partial charge on any atom is -0.320 e. The first kappa shape index (κ1) is 9.97. The second kappa shape index (κ2) is 3.33. The van der Waals surface area contributed by atoms with E-state index < -0.39 is 12.2 Å². The number of nitrogens with two attached hydrogens (primary N) is 1. The Labute approximate surface area is 72.6 Å². The van der Waals surface area contributed by atoms with Crippen LogP contribution in [0.2, 0.25) is 0 Å². The lowest BCUT2D eigenvalue weighted by Crippen LogP contribution is -2.39. The fraction of sp³-hybridized carbons (Fsp3) is 0.667. The van der Waals surface area contributed by atoms with E-state index in [4.69, 9.17) is 5.73 Å². The zero-order chi connectivity index (χ0) is 10.1. The fourth-order valence-corrected chi connectivity index (χ4v) is 0.817. The number of alkyl halides is 3. The third-order valence-electron chi connectivity index (χ3n) is 1.63. The summed E-state index contributed by atoms with van der Waals surface area (Å²) >= 11 is 0. The summed E-state index contributed by atoms with van der Waals surface area (Å²) in [6, 6.07) is -1.88. The quantitative estimate of drug-likeness (QED) is 0.734. The molecule has 0 saturated heterocycles. The third kappa shape index (κ3) is 2.41. The van der Waals surface area contributed by atoms with Crippen molar-refractivity contribution < 1.29 is 13.2 Å². The largest absolute Gasteiger partial charge is 0.404 e. The lowest BCUT2D eigenvalue weighted by Gasteiger charge is -2.14. The van der Waals surface area contributed by atoms with Crippen LogP contribution in [0.3, 0.4) is 0 Å². The van der Waals surface area contributed by atoms with Crippen molar-refractivity contribution in [3.05, 3.63) is 12.2 Å². The van der Waals surface area contributed by atoms with Gasteiger partial charge in [0.1, 0.15) is 18.2 Å². The predicted molar refractivity (Wildman–Crippen MR) is 38.7 cm³/mol. The molecule has 0 saturated carbocycles. The topological polar surface area (TPSA) is 56.7 Å². The normalized spacial score (nSPS) is 14.5. The standard InChI is InChI=1S/C6H9F3N4/c1-13-5(11-3-12-13)2-4(10)6(7,8)9/h3-4H,2,10H2,1H3. The zero-order valence-electron chi connectivity index (χ0n) is 6.91. The van der Waals surface area contributed by atoms with E-state index in [-0.39, 0.29) is 12.2 Å². The van der Waals surface area contributed by atoms with Crippen LogP contribution in [-0.4, -0.2) is 27.0 Å². The molecule has 0 bridgehead atoms. The van der Waals surface area contributed by atoms with Crippen molar-refractivity contribution in [2.24, 2.45) is 12.8 Å². The Morgan fingerprint density at radius 2 is 2.23 bits per heavy atom. The number of halogens is 3. The molecule has 7 heteroatoms. The number of hydrogen-bond acceptors (Lipinski definition) is 3. The molecule has 2 N–H and O–H groups in total. The lowest BCUT2D eigenvalue weighted by molar-refractivity contribution is -0.147. The molecule has 0 fully saturated rings. The lowest BCUT2D eigenvalue weighted by atomic mass is 10.2. The van der Waals surface area contributed by atoms with E-state index in [2.05, 4.69) is 10.1 Å². The highest BCUT2D eigenvalue weighted by atomic mass is 19.4.